The van der Waals surface area contributed by atoms with E-state index < -0.39 is 72.0 Å². The van der Waals surface area contributed by atoms with Crippen molar-refractivity contribution < 1.29 is 59.9 Å². The molecule has 2 N–H and O–H groups in total. The van der Waals surface area contributed by atoms with Crippen LogP contribution in [0.2, 0.25) is 6.32 Å². The number of methoxy groups -OCH3 is 1. The molecule has 5 rings (SSSR count). The second-order valence-electron chi connectivity index (χ2n) is 11.5. The van der Waals surface area contributed by atoms with Gasteiger partial charge in [0, 0.05) is 7.11 Å². The molecule has 2 amide bonds. The second-order valence-corrected chi connectivity index (χ2v) is 11.5. The number of fused-ring (bicyclic) bond motifs is 3. The largest absolute Gasteiger partial charge is 0.459 e. The third-order valence-electron chi connectivity index (χ3n) is 8.48. The van der Waals surface area contributed by atoms with E-state index >= 15 is 0 Å². The molecule has 0 unspecified atom stereocenters. The molecule has 1 aromatic heterocycles. The number of rotatable bonds is 8. The molecule has 3 heterocycles. The molecule has 3 aliphatic rings. The molecule has 8 nitrogen and oxygen atoms in total. The fraction of sp³-hybridized carbons (Fsp3) is 0.467. The minimum absolute atomic E-state index is 0.0163. The van der Waals surface area contributed by atoms with Gasteiger partial charge in [0.15, 0.2) is 0 Å². The maximum atomic E-state index is 13.8. The van der Waals surface area contributed by atoms with E-state index in [1.165, 1.54) is 7.11 Å². The fourth-order valence-electron chi connectivity index (χ4n) is 6.62. The number of anilines is 1. The zero-order valence-electron chi connectivity index (χ0n) is 24.2. The molecular formula is C30H30BF6NO7. The van der Waals surface area contributed by atoms with Crippen LogP contribution >= 0.6 is 0 Å². The minimum atomic E-state index is -5.17. The van der Waals surface area contributed by atoms with Gasteiger partial charge < -0.3 is 23.9 Å². The van der Waals surface area contributed by atoms with Gasteiger partial charge in [-0.3, -0.25) is 9.59 Å². The van der Waals surface area contributed by atoms with Crippen LogP contribution in [0, 0.1) is 17.8 Å². The van der Waals surface area contributed by atoms with Crippen LogP contribution in [-0.4, -0.2) is 48.9 Å². The Kier molecular flexibility index (Phi) is 9.10. The summed E-state index contributed by atoms with van der Waals surface area (Å²) in [5, 5.41) is 19.9. The number of hydrogen-bond donors (Lipinski definition) is 2. The Labute approximate surface area is 254 Å². The first kappa shape index (κ1) is 33.0. The number of amides is 2. The van der Waals surface area contributed by atoms with Crippen molar-refractivity contribution in [1.82, 2.24) is 0 Å². The minimum Gasteiger partial charge on any atom is -0.459 e. The number of halogens is 6. The SMILES string of the molecule is COCC1=C2[C@@H](CC/C(C)=C/c3ccc(CO)o3)OB(O)C[C@@H]2[C@@H]2C(=O)N(c3cc(C(F)(F)F)cc(C(F)(F)F)c3)C(=O)[C@@H]2C1. The van der Waals surface area contributed by atoms with Gasteiger partial charge in [-0.1, -0.05) is 5.57 Å². The molecule has 0 spiro atoms. The van der Waals surface area contributed by atoms with Gasteiger partial charge in [0.2, 0.25) is 11.8 Å². The average molecular weight is 641 g/mol. The molecule has 0 bridgehead atoms. The molecule has 15 heteroatoms. The van der Waals surface area contributed by atoms with E-state index in [4.69, 9.17) is 13.8 Å². The van der Waals surface area contributed by atoms with Crippen LogP contribution < -0.4 is 4.90 Å². The number of aliphatic hydroxyl groups is 1. The predicted octanol–water partition coefficient (Wildman–Crippen LogP) is 5.64. The Bertz CT molecular complexity index is 1500. The molecule has 0 radical (unpaired) electrons. The van der Waals surface area contributed by atoms with Crippen LogP contribution in [-0.2, 0) is 37.9 Å². The first-order chi connectivity index (χ1) is 21.1. The van der Waals surface area contributed by atoms with Gasteiger partial charge in [0.25, 0.3) is 0 Å². The Hall–Kier alpha value is -3.40. The predicted molar refractivity (Wildman–Crippen MR) is 148 cm³/mol. The van der Waals surface area contributed by atoms with Crippen LogP contribution in [0.3, 0.4) is 0 Å². The van der Waals surface area contributed by atoms with Crippen molar-refractivity contribution in [3.8, 4) is 0 Å². The third-order valence-corrected chi connectivity index (χ3v) is 8.48. The number of nitrogens with zero attached hydrogens (tertiary/aromatic N) is 1. The quantitative estimate of drug-likeness (QED) is 0.166. The molecule has 0 saturated carbocycles. The monoisotopic (exact) mass is 641 g/mol. The van der Waals surface area contributed by atoms with Gasteiger partial charge in [-0.15, -0.1) is 0 Å². The lowest BCUT2D eigenvalue weighted by atomic mass is 9.58. The number of carbonyl (C=O) groups excluding carboxylic acids is 2. The lowest BCUT2D eigenvalue weighted by Crippen LogP contribution is -2.46. The standard InChI is InChI=1S/C30H30BF6NO7/c1-15(7-20-4-5-21(13-39)44-20)3-6-24-25-16(14-43-2)8-22-26(23(25)12-31(42)45-24)28(41)38(27(22)40)19-10-17(29(32,33)34)9-18(11-19)30(35,36)37/h4-5,7,9-11,22-24,26,39,42H,3,6,8,12-14H2,1-2H3/b15-7+/t22-,23+,24-,26-/m1/s1. The maximum absolute atomic E-state index is 13.8. The van der Waals surface area contributed by atoms with Crippen LogP contribution in [0.4, 0.5) is 32.0 Å². The first-order valence-electron chi connectivity index (χ1n) is 14.2. The van der Waals surface area contributed by atoms with Gasteiger partial charge in [-0.25, -0.2) is 4.90 Å². The number of benzene rings is 1. The highest BCUT2D eigenvalue weighted by atomic mass is 19.4. The highest BCUT2D eigenvalue weighted by Crippen LogP contribution is 2.52. The molecule has 45 heavy (non-hydrogen) atoms. The van der Waals surface area contributed by atoms with Gasteiger partial charge >= 0.3 is 19.5 Å². The zero-order chi connectivity index (χ0) is 32.8. The molecule has 1 aromatic carbocycles. The van der Waals surface area contributed by atoms with E-state index in [-0.39, 0.29) is 32.0 Å². The summed E-state index contributed by atoms with van der Waals surface area (Å²) in [6.07, 6.45) is -8.58. The molecule has 2 saturated heterocycles. The number of allylic oxidation sites excluding steroid dienone is 1. The molecule has 4 atom stereocenters. The van der Waals surface area contributed by atoms with E-state index in [1.807, 2.05) is 6.92 Å². The first-order valence-corrected chi connectivity index (χ1v) is 14.2. The number of carbonyl (C=O) groups is 2. The van der Waals surface area contributed by atoms with Gasteiger partial charge in [-0.05, 0) is 86.0 Å². The van der Waals surface area contributed by atoms with Crippen molar-refractivity contribution in [3.05, 3.63) is 69.7 Å². The Morgan fingerprint density at radius 3 is 2.31 bits per heavy atom. The summed E-state index contributed by atoms with van der Waals surface area (Å²) in [6.45, 7) is 1.64. The molecule has 2 fully saturated rings. The lowest BCUT2D eigenvalue weighted by molar-refractivity contribution is -0.143. The van der Waals surface area contributed by atoms with E-state index in [0.29, 0.717) is 52.5 Å². The van der Waals surface area contributed by atoms with Gasteiger partial charge in [0.1, 0.15) is 18.1 Å². The van der Waals surface area contributed by atoms with Crippen molar-refractivity contribution in [2.24, 2.45) is 17.8 Å². The molecule has 1 aliphatic carbocycles. The molecule has 2 aromatic rings. The summed E-state index contributed by atoms with van der Waals surface area (Å²) in [7, 11) is 0.0870. The van der Waals surface area contributed by atoms with E-state index in [0.717, 1.165) is 5.57 Å². The topological polar surface area (TPSA) is 109 Å². The number of aliphatic hydroxyl groups excluding tert-OH is 1. The van der Waals surface area contributed by atoms with Crippen molar-refractivity contribution in [2.75, 3.05) is 18.6 Å². The number of furan rings is 1. The number of ether oxygens (including phenoxy) is 1. The third kappa shape index (κ3) is 6.62. The summed E-state index contributed by atoms with van der Waals surface area (Å²) in [6, 6.07) is 4.00. The van der Waals surface area contributed by atoms with Crippen LogP contribution in [0.5, 0.6) is 0 Å². The van der Waals surface area contributed by atoms with Crippen LogP contribution in [0.25, 0.3) is 6.08 Å². The number of imide groups is 1. The van der Waals surface area contributed by atoms with Crippen molar-refractivity contribution >= 4 is 30.7 Å². The summed E-state index contributed by atoms with van der Waals surface area (Å²) in [4.78, 5) is 27.9. The van der Waals surface area contributed by atoms with Crippen LogP contribution in [0.15, 0.2) is 51.5 Å². The number of hydrogen-bond acceptors (Lipinski definition) is 7. The normalized spacial score (nSPS) is 24.4. The maximum Gasteiger partial charge on any atom is 0.455 e. The van der Waals surface area contributed by atoms with Crippen LogP contribution in [0.1, 0.15) is 48.8 Å². The Balaban J connectivity index is 1.47. The summed E-state index contributed by atoms with van der Waals surface area (Å²) < 4.78 is 98.3. The van der Waals surface area contributed by atoms with Gasteiger partial charge in [-0.2, -0.15) is 26.3 Å². The lowest BCUT2D eigenvalue weighted by Gasteiger charge is -2.43. The zero-order valence-corrected chi connectivity index (χ0v) is 24.2. The molecule has 2 aliphatic heterocycles. The number of alkyl halides is 6. The summed E-state index contributed by atoms with van der Waals surface area (Å²) in [5.74, 6) is -3.90. The van der Waals surface area contributed by atoms with E-state index in [9.17, 15) is 46.1 Å². The van der Waals surface area contributed by atoms with Crippen molar-refractivity contribution in [3.63, 3.8) is 0 Å². The van der Waals surface area contributed by atoms with E-state index in [2.05, 4.69) is 0 Å². The van der Waals surface area contributed by atoms with Crippen molar-refractivity contribution in [1.29, 1.82) is 0 Å². The highest BCUT2D eigenvalue weighted by molar-refractivity contribution is 6.43. The van der Waals surface area contributed by atoms with Gasteiger partial charge in [0.05, 0.1) is 41.4 Å². The highest BCUT2D eigenvalue weighted by Gasteiger charge is 2.58. The summed E-state index contributed by atoms with van der Waals surface area (Å²) in [5.41, 5.74) is -1.96. The Morgan fingerprint density at radius 1 is 1.07 bits per heavy atom. The average Bonchev–Trinajstić information content (AvgIpc) is 3.51. The second kappa shape index (κ2) is 12.4. The molecule has 242 valence electrons. The smallest absolute Gasteiger partial charge is 0.455 e. The molecular weight excluding hydrogens is 611 g/mol. The van der Waals surface area contributed by atoms with E-state index in [1.54, 1.807) is 18.2 Å². The van der Waals surface area contributed by atoms with Crippen molar-refractivity contribution in [2.45, 2.75) is 57.6 Å². The fourth-order valence-corrected chi connectivity index (χ4v) is 6.62. The Morgan fingerprint density at radius 2 is 1.73 bits per heavy atom. The summed E-state index contributed by atoms with van der Waals surface area (Å²) >= 11 is 0.